The molecule has 3 heteroatoms. The predicted molar refractivity (Wildman–Crippen MR) is 484 cm³/mol. The molecule has 18 aromatic carbocycles. The highest BCUT2D eigenvalue weighted by atomic mass is 32.1. The van der Waals surface area contributed by atoms with Gasteiger partial charge in [0, 0.05) is 52.9 Å². The second kappa shape index (κ2) is 28.8. The van der Waals surface area contributed by atoms with Crippen LogP contribution in [0.4, 0.5) is 17.1 Å². The smallest absolute Gasteiger partial charge is 0.0727 e. The van der Waals surface area contributed by atoms with Crippen LogP contribution in [0, 0.1) is 0 Å². The standard InChI is InChI=1S/C56H38S.C55H37NS/c1-5-17-38(18-6-1)42-33-43(39-19-7-2-8-20-39)35-44(34-42)55(40-21-9-3-10-22-40)41-29-31-49-50-37-46(30-32-53(50)57-54(49)36-41)56(45-23-11-4-12-24-45)51-27-15-13-25-47(51)48-26-14-16-28-52(48)56;1-4-18-38(19-5-1)39-20-14-21-40(36-39)41-22-15-27-44(37-41)56(43-25-8-3-9-26-43)52-35-17-31-48-47-30-16-34-51(53(47)57-54(48)52)55(42-23-6-2-7-24-42)49-32-12-10-28-45(49)46-29-11-13-33-50(46)55/h1-37,55H;1-37H. The van der Waals surface area contributed by atoms with E-state index in [1.807, 2.05) is 22.7 Å². The fourth-order valence-corrected chi connectivity index (χ4v) is 21.4. The van der Waals surface area contributed by atoms with Crippen LogP contribution in [0.2, 0.25) is 0 Å². The molecule has 2 aliphatic rings. The number of para-hydroxylation sites is 1. The molecule has 2 aromatic heterocycles. The summed E-state index contributed by atoms with van der Waals surface area (Å²) in [5, 5.41) is 5.17. The molecule has 1 atom stereocenters. The van der Waals surface area contributed by atoms with Crippen molar-refractivity contribution in [1.82, 2.24) is 0 Å². The Hall–Kier alpha value is -13.8. The Morgan fingerprint density at radius 2 is 0.614 bits per heavy atom. The van der Waals surface area contributed by atoms with E-state index in [9.17, 15) is 0 Å². The molecule has 1 nitrogen and oxygen atoms in total. The van der Waals surface area contributed by atoms with Gasteiger partial charge in [0.1, 0.15) is 0 Å². The second-order valence-electron chi connectivity index (χ2n) is 30.0. The van der Waals surface area contributed by atoms with Crippen molar-refractivity contribution in [3.05, 3.63) is 510 Å². The Balaban J connectivity index is 0.000000143. The summed E-state index contributed by atoms with van der Waals surface area (Å²) in [6, 6.07) is 166. The predicted octanol–water partition coefficient (Wildman–Crippen LogP) is 30.2. The normalized spacial score (nSPS) is 13.0. The number of thiophene rings is 2. The summed E-state index contributed by atoms with van der Waals surface area (Å²) in [6.45, 7) is 0. The third-order valence-electron chi connectivity index (χ3n) is 23.8. The summed E-state index contributed by atoms with van der Waals surface area (Å²) in [7, 11) is 0. The first kappa shape index (κ1) is 68.2. The first-order valence-corrected chi connectivity index (χ1v) is 41.0. The van der Waals surface area contributed by atoms with Gasteiger partial charge in [-0.1, -0.05) is 388 Å². The molecule has 2 aliphatic carbocycles. The minimum absolute atomic E-state index is 0.0512. The molecule has 0 fully saturated rings. The van der Waals surface area contributed by atoms with Crippen LogP contribution in [0.5, 0.6) is 0 Å². The van der Waals surface area contributed by atoms with E-state index in [0.29, 0.717) is 0 Å². The maximum absolute atomic E-state index is 2.49. The van der Waals surface area contributed by atoms with Gasteiger partial charge in [0.05, 0.1) is 21.2 Å². The van der Waals surface area contributed by atoms with Crippen molar-refractivity contribution in [1.29, 1.82) is 0 Å². The van der Waals surface area contributed by atoms with Crippen molar-refractivity contribution in [3.63, 3.8) is 0 Å². The molecule has 0 saturated heterocycles. The van der Waals surface area contributed by atoms with Crippen molar-refractivity contribution >= 4 is 80.1 Å². The lowest BCUT2D eigenvalue weighted by atomic mass is 9.67. The van der Waals surface area contributed by atoms with Gasteiger partial charge in [0.15, 0.2) is 0 Å². The van der Waals surface area contributed by atoms with Crippen LogP contribution in [0.1, 0.15) is 67.1 Å². The van der Waals surface area contributed by atoms with Crippen molar-refractivity contribution < 1.29 is 0 Å². The molecule has 1 unspecified atom stereocenters. The zero-order valence-corrected chi connectivity index (χ0v) is 64.2. The second-order valence-corrected chi connectivity index (χ2v) is 32.1. The highest BCUT2D eigenvalue weighted by molar-refractivity contribution is 7.26. The molecule has 114 heavy (non-hydrogen) atoms. The van der Waals surface area contributed by atoms with E-state index in [0.717, 1.165) is 11.4 Å². The molecular weight excluding hydrogens is 1410 g/mol. The Kier molecular flexibility index (Phi) is 17.3. The van der Waals surface area contributed by atoms with Crippen molar-refractivity contribution in [2.24, 2.45) is 0 Å². The summed E-state index contributed by atoms with van der Waals surface area (Å²) >= 11 is 3.82. The number of rotatable bonds is 14. The van der Waals surface area contributed by atoms with Crippen molar-refractivity contribution in [2.45, 2.75) is 16.7 Å². The van der Waals surface area contributed by atoms with Crippen molar-refractivity contribution in [3.8, 4) is 66.8 Å². The number of fused-ring (bicyclic) bond motifs is 12. The van der Waals surface area contributed by atoms with E-state index >= 15 is 0 Å². The van der Waals surface area contributed by atoms with Gasteiger partial charge in [0.2, 0.25) is 0 Å². The van der Waals surface area contributed by atoms with E-state index in [1.165, 1.54) is 174 Å². The van der Waals surface area contributed by atoms with Gasteiger partial charge in [-0.25, -0.2) is 0 Å². The SMILES string of the molecule is c1ccc(-c2cc(-c3ccccc3)cc(C(c3ccccc3)c3ccc4c(c3)sc3ccc(C5(c6ccccc6)c6ccccc6-c6ccccc65)cc34)c2)cc1.c1ccc(-c2cccc(-c3cccc(N(c4ccccc4)c4cccc5c4sc4c(C6(c7ccccc7)c7ccccc7-c7ccccc76)cccc45)c3)c2)cc1. The van der Waals surface area contributed by atoms with Gasteiger partial charge in [-0.15, -0.1) is 22.7 Å². The van der Waals surface area contributed by atoms with Crippen LogP contribution in [0.25, 0.3) is 107 Å². The molecule has 20 aromatic rings. The molecule has 0 saturated carbocycles. The molecule has 0 aliphatic heterocycles. The summed E-state index contributed by atoms with van der Waals surface area (Å²) in [6.07, 6.45) is 0. The van der Waals surface area contributed by atoms with E-state index in [-0.39, 0.29) is 5.92 Å². The zero-order valence-electron chi connectivity index (χ0n) is 62.6. The van der Waals surface area contributed by atoms with Gasteiger partial charge in [0.25, 0.3) is 0 Å². The highest BCUT2D eigenvalue weighted by Gasteiger charge is 2.48. The summed E-state index contributed by atoms with van der Waals surface area (Å²) < 4.78 is 5.20. The fraction of sp³-hybridized carbons (Fsp3) is 0.0270. The highest BCUT2D eigenvalue weighted by Crippen LogP contribution is 2.60. The Morgan fingerprint density at radius 1 is 0.202 bits per heavy atom. The lowest BCUT2D eigenvalue weighted by molar-refractivity contribution is 0.770. The van der Waals surface area contributed by atoms with Crippen LogP contribution >= 0.6 is 22.7 Å². The third-order valence-corrected chi connectivity index (χ3v) is 26.2. The topological polar surface area (TPSA) is 3.24 Å². The maximum atomic E-state index is 2.49. The minimum Gasteiger partial charge on any atom is -0.309 e. The molecule has 2 heterocycles. The Labute approximate surface area is 673 Å². The fourth-order valence-electron chi connectivity index (χ4n) is 18.8. The lowest BCUT2D eigenvalue weighted by Crippen LogP contribution is -2.28. The van der Waals surface area contributed by atoms with Crippen LogP contribution < -0.4 is 4.90 Å². The number of anilines is 3. The molecule has 22 rings (SSSR count). The lowest BCUT2D eigenvalue weighted by Gasteiger charge is -2.34. The van der Waals surface area contributed by atoms with Crippen LogP contribution in [0.15, 0.2) is 449 Å². The summed E-state index contributed by atoms with van der Waals surface area (Å²) in [5.74, 6) is 0.0512. The molecular formula is C111H75NS2. The molecule has 0 bridgehead atoms. The van der Waals surface area contributed by atoms with Crippen LogP contribution in [-0.4, -0.2) is 0 Å². The average Bonchev–Trinajstić information content (AvgIpc) is 1.53. The van der Waals surface area contributed by atoms with Crippen LogP contribution in [-0.2, 0) is 10.8 Å². The van der Waals surface area contributed by atoms with E-state index in [2.05, 4.69) is 454 Å². The summed E-state index contributed by atoms with van der Waals surface area (Å²) in [4.78, 5) is 2.44. The van der Waals surface area contributed by atoms with Gasteiger partial charge >= 0.3 is 0 Å². The first-order chi connectivity index (χ1) is 56.5. The molecule has 536 valence electrons. The Morgan fingerprint density at radius 3 is 1.18 bits per heavy atom. The Bertz CT molecular complexity index is 6820. The zero-order chi connectivity index (χ0) is 75.5. The third kappa shape index (κ3) is 11.5. The first-order valence-electron chi connectivity index (χ1n) is 39.4. The van der Waals surface area contributed by atoms with Gasteiger partial charge in [-0.05, 0) is 189 Å². The van der Waals surface area contributed by atoms with E-state index in [4.69, 9.17) is 0 Å². The maximum Gasteiger partial charge on any atom is 0.0727 e. The summed E-state index contributed by atoms with van der Waals surface area (Å²) in [5.41, 5.74) is 31.9. The van der Waals surface area contributed by atoms with Gasteiger partial charge < -0.3 is 4.90 Å². The van der Waals surface area contributed by atoms with Gasteiger partial charge in [-0.3, -0.25) is 0 Å². The molecule has 0 radical (unpaired) electrons. The van der Waals surface area contributed by atoms with Crippen molar-refractivity contribution in [2.75, 3.05) is 4.90 Å². The van der Waals surface area contributed by atoms with E-state index in [1.54, 1.807) is 0 Å². The minimum atomic E-state index is -0.475. The quantitative estimate of drug-likeness (QED) is 0.0981. The largest absolute Gasteiger partial charge is 0.309 e. The molecule has 0 N–H and O–H groups in total. The molecule has 0 spiro atoms. The monoisotopic (exact) mass is 1490 g/mol. The average molecular weight is 1490 g/mol. The number of hydrogen-bond acceptors (Lipinski definition) is 3. The van der Waals surface area contributed by atoms with E-state index < -0.39 is 10.8 Å². The van der Waals surface area contributed by atoms with Gasteiger partial charge in [-0.2, -0.15) is 0 Å². The molecule has 0 amide bonds. The number of nitrogens with zero attached hydrogens (tertiary/aromatic N) is 1. The number of benzene rings is 18. The number of hydrogen-bond donors (Lipinski definition) is 0. The van der Waals surface area contributed by atoms with Crippen LogP contribution in [0.3, 0.4) is 0 Å².